The molecule has 0 saturated heterocycles. The van der Waals surface area contributed by atoms with Crippen molar-refractivity contribution in [3.8, 4) is 0 Å². The summed E-state index contributed by atoms with van der Waals surface area (Å²) in [4.78, 5) is 0. The van der Waals surface area contributed by atoms with Crippen molar-refractivity contribution in [3.63, 3.8) is 0 Å². The number of hydrogen-bond donors (Lipinski definition) is 1. The molecule has 1 nitrogen and oxygen atoms in total. The van der Waals surface area contributed by atoms with E-state index in [1.807, 2.05) is 0 Å². The number of hydrogen-bond acceptors (Lipinski definition) is 1. The summed E-state index contributed by atoms with van der Waals surface area (Å²) in [6.07, 6.45) is 0. The van der Waals surface area contributed by atoms with E-state index < -0.39 is 0 Å². The van der Waals surface area contributed by atoms with Crippen molar-refractivity contribution in [1.29, 1.82) is 0 Å². The van der Waals surface area contributed by atoms with Crippen LogP contribution >= 0.6 is 0 Å². The van der Waals surface area contributed by atoms with Gasteiger partial charge in [-0.2, -0.15) is 0 Å². The van der Waals surface area contributed by atoms with Crippen LogP contribution in [0.1, 0.15) is 62.3 Å². The lowest BCUT2D eigenvalue weighted by Gasteiger charge is -2.52. The van der Waals surface area contributed by atoms with Gasteiger partial charge in [0, 0.05) is 5.54 Å². The van der Waals surface area contributed by atoms with Crippen LogP contribution in [-0.4, -0.2) is 12.1 Å². The lowest BCUT2D eigenvalue weighted by molar-refractivity contribution is 0.0294. The Hall–Kier alpha value is -0.0400. The van der Waals surface area contributed by atoms with E-state index in [1.165, 1.54) is 0 Å². The molecule has 104 valence electrons. The van der Waals surface area contributed by atoms with E-state index >= 15 is 0 Å². The van der Waals surface area contributed by atoms with Gasteiger partial charge in [0.2, 0.25) is 0 Å². The molecule has 0 bridgehead atoms. The molecule has 0 spiro atoms. The maximum absolute atomic E-state index is 3.86. The molecule has 0 aromatic heterocycles. The van der Waals surface area contributed by atoms with Gasteiger partial charge in [-0.05, 0) is 36.1 Å². The van der Waals surface area contributed by atoms with E-state index in [9.17, 15) is 0 Å². The van der Waals surface area contributed by atoms with Gasteiger partial charge >= 0.3 is 0 Å². The Morgan fingerprint density at radius 3 is 1.29 bits per heavy atom. The van der Waals surface area contributed by atoms with Gasteiger partial charge in [-0.1, -0.05) is 62.3 Å². The second-order valence-corrected chi connectivity index (χ2v) is 6.79. The molecule has 1 N–H and O–H groups in total. The summed E-state index contributed by atoms with van der Waals surface area (Å²) in [5, 5.41) is 3.86. The Morgan fingerprint density at radius 2 is 1.12 bits per heavy atom. The normalized spacial score (nSPS) is 13.8. The van der Waals surface area contributed by atoms with E-state index in [1.54, 1.807) is 0 Å². The van der Waals surface area contributed by atoms with Gasteiger partial charge in [-0.25, -0.2) is 0 Å². The van der Waals surface area contributed by atoms with Gasteiger partial charge < -0.3 is 5.32 Å². The minimum Gasteiger partial charge on any atom is -0.311 e. The van der Waals surface area contributed by atoms with Crippen molar-refractivity contribution in [2.75, 3.05) is 6.54 Å². The minimum absolute atomic E-state index is 0.261. The van der Waals surface area contributed by atoms with Gasteiger partial charge in [0.25, 0.3) is 0 Å². The van der Waals surface area contributed by atoms with Gasteiger partial charge in [0.1, 0.15) is 0 Å². The van der Waals surface area contributed by atoms with Gasteiger partial charge in [0.15, 0.2) is 0 Å². The predicted molar refractivity (Wildman–Crippen MR) is 79.2 cm³/mol. The van der Waals surface area contributed by atoms with Crippen LogP contribution in [0.15, 0.2) is 0 Å². The zero-order valence-corrected chi connectivity index (χ0v) is 13.6. The highest BCUT2D eigenvalue weighted by Crippen LogP contribution is 2.41. The molecule has 0 atom stereocenters. The van der Waals surface area contributed by atoms with Crippen molar-refractivity contribution in [1.82, 2.24) is 5.32 Å². The van der Waals surface area contributed by atoms with E-state index in [0.717, 1.165) is 24.3 Å². The Balaban J connectivity index is 5.51. The van der Waals surface area contributed by atoms with Crippen LogP contribution < -0.4 is 5.32 Å². The fourth-order valence-corrected chi connectivity index (χ4v) is 4.14. The quantitative estimate of drug-likeness (QED) is 0.688. The first-order valence-electron chi connectivity index (χ1n) is 7.46. The standard InChI is InChI=1S/C16H35N/c1-10-17-16(13(6)7,14(8)9)15(11(2)3)12(4)5/h11-15,17H,10H2,1-9H3. The van der Waals surface area contributed by atoms with E-state index in [-0.39, 0.29) is 5.54 Å². The van der Waals surface area contributed by atoms with Crippen LogP contribution in [0.5, 0.6) is 0 Å². The summed E-state index contributed by atoms with van der Waals surface area (Å²) in [6, 6.07) is 0. The molecule has 0 amide bonds. The monoisotopic (exact) mass is 241 g/mol. The Labute approximate surface area is 110 Å². The molecule has 0 aromatic carbocycles. The topological polar surface area (TPSA) is 12.0 Å². The highest BCUT2D eigenvalue weighted by molar-refractivity contribution is 5.01. The summed E-state index contributed by atoms with van der Waals surface area (Å²) < 4.78 is 0. The Morgan fingerprint density at radius 1 is 0.765 bits per heavy atom. The summed E-state index contributed by atoms with van der Waals surface area (Å²) >= 11 is 0. The van der Waals surface area contributed by atoms with Crippen LogP contribution in [0.3, 0.4) is 0 Å². The van der Waals surface area contributed by atoms with Crippen molar-refractivity contribution in [2.45, 2.75) is 67.9 Å². The summed E-state index contributed by atoms with van der Waals surface area (Å²) in [7, 11) is 0. The molecule has 0 rings (SSSR count). The van der Waals surface area contributed by atoms with Gasteiger partial charge in [-0.15, -0.1) is 0 Å². The van der Waals surface area contributed by atoms with Crippen molar-refractivity contribution in [3.05, 3.63) is 0 Å². The second kappa shape index (κ2) is 6.78. The maximum Gasteiger partial charge on any atom is 0.0260 e. The highest BCUT2D eigenvalue weighted by Gasteiger charge is 2.45. The third-order valence-corrected chi connectivity index (χ3v) is 4.38. The molecular formula is C16H35N. The number of nitrogens with one attached hydrogen (secondary N) is 1. The van der Waals surface area contributed by atoms with E-state index in [0.29, 0.717) is 11.8 Å². The first-order valence-corrected chi connectivity index (χ1v) is 7.46. The molecular weight excluding hydrogens is 206 g/mol. The van der Waals surface area contributed by atoms with Gasteiger partial charge in [0.05, 0.1) is 0 Å². The average molecular weight is 241 g/mol. The van der Waals surface area contributed by atoms with Crippen LogP contribution in [-0.2, 0) is 0 Å². The third kappa shape index (κ3) is 3.47. The lowest BCUT2D eigenvalue weighted by Crippen LogP contribution is -2.61. The molecule has 0 aliphatic rings. The van der Waals surface area contributed by atoms with Gasteiger partial charge in [-0.3, -0.25) is 0 Å². The van der Waals surface area contributed by atoms with Crippen LogP contribution in [0, 0.1) is 29.6 Å². The average Bonchev–Trinajstić information content (AvgIpc) is 2.14. The first-order chi connectivity index (χ1) is 7.71. The summed E-state index contributed by atoms with van der Waals surface area (Å²) in [6.45, 7) is 22.3. The Bertz CT molecular complexity index is 188. The lowest BCUT2D eigenvalue weighted by atomic mass is 9.61. The summed E-state index contributed by atoms with van der Waals surface area (Å²) in [5.74, 6) is 3.50. The minimum atomic E-state index is 0.261. The molecule has 0 radical (unpaired) electrons. The van der Waals surface area contributed by atoms with E-state index in [4.69, 9.17) is 0 Å². The maximum atomic E-state index is 3.86. The number of rotatable bonds is 7. The largest absolute Gasteiger partial charge is 0.311 e. The molecule has 17 heavy (non-hydrogen) atoms. The predicted octanol–water partition coefficient (Wildman–Crippen LogP) is 4.57. The molecule has 0 aliphatic heterocycles. The van der Waals surface area contributed by atoms with Crippen LogP contribution in [0.4, 0.5) is 0 Å². The molecule has 0 aromatic rings. The molecule has 0 heterocycles. The third-order valence-electron chi connectivity index (χ3n) is 4.38. The molecule has 1 heteroatoms. The highest BCUT2D eigenvalue weighted by atomic mass is 15.0. The van der Waals surface area contributed by atoms with E-state index in [2.05, 4.69) is 67.6 Å². The molecule has 0 saturated carbocycles. The van der Waals surface area contributed by atoms with Crippen molar-refractivity contribution >= 4 is 0 Å². The molecule has 0 unspecified atom stereocenters. The summed E-state index contributed by atoms with van der Waals surface area (Å²) in [5.41, 5.74) is 0.261. The zero-order valence-electron chi connectivity index (χ0n) is 13.6. The zero-order chi connectivity index (χ0) is 13.8. The molecule has 0 aliphatic carbocycles. The fourth-order valence-electron chi connectivity index (χ4n) is 4.14. The SMILES string of the molecule is CCNC(C(C)C)(C(C)C)C(C(C)C)C(C)C. The second-order valence-electron chi connectivity index (χ2n) is 6.79. The Kier molecular flexibility index (Phi) is 6.76. The smallest absolute Gasteiger partial charge is 0.0260 e. The van der Waals surface area contributed by atoms with Crippen LogP contribution in [0.2, 0.25) is 0 Å². The first kappa shape index (κ1) is 17.0. The van der Waals surface area contributed by atoms with Crippen molar-refractivity contribution in [2.24, 2.45) is 29.6 Å². The van der Waals surface area contributed by atoms with Crippen LogP contribution in [0.25, 0.3) is 0 Å². The fraction of sp³-hybridized carbons (Fsp3) is 1.00. The molecule has 0 fully saturated rings. The van der Waals surface area contributed by atoms with Crippen molar-refractivity contribution < 1.29 is 0 Å².